The molecule has 0 aliphatic carbocycles. The molecule has 25 heavy (non-hydrogen) atoms. The Morgan fingerprint density at radius 3 is 2.96 bits per heavy atom. The Morgan fingerprint density at radius 1 is 1.32 bits per heavy atom. The SMILES string of the molecule is COc1cccc(CCC(=O)Nc2ccc3c(c2F)CCNC3)c1.Cl. The molecule has 0 saturated carbocycles. The van der Waals surface area contributed by atoms with Crippen molar-refractivity contribution >= 4 is 24.0 Å². The van der Waals surface area contributed by atoms with Gasteiger partial charge in [-0.05, 0) is 54.3 Å². The van der Waals surface area contributed by atoms with Crippen molar-refractivity contribution in [2.24, 2.45) is 0 Å². The van der Waals surface area contributed by atoms with Crippen molar-refractivity contribution in [2.75, 3.05) is 19.0 Å². The monoisotopic (exact) mass is 364 g/mol. The number of rotatable bonds is 5. The van der Waals surface area contributed by atoms with E-state index in [2.05, 4.69) is 10.6 Å². The Labute approximate surface area is 153 Å². The molecule has 0 atom stereocenters. The number of nitrogens with one attached hydrogen (secondary N) is 2. The zero-order valence-corrected chi connectivity index (χ0v) is 14.9. The first-order valence-electron chi connectivity index (χ1n) is 8.11. The lowest BCUT2D eigenvalue weighted by Gasteiger charge is -2.19. The van der Waals surface area contributed by atoms with Gasteiger partial charge in [0.2, 0.25) is 5.91 Å². The summed E-state index contributed by atoms with van der Waals surface area (Å²) in [6, 6.07) is 11.1. The fourth-order valence-electron chi connectivity index (χ4n) is 2.93. The molecule has 0 aromatic heterocycles. The third kappa shape index (κ3) is 4.71. The van der Waals surface area contributed by atoms with Crippen LogP contribution in [0.2, 0.25) is 0 Å². The van der Waals surface area contributed by atoms with Crippen LogP contribution in [0.15, 0.2) is 36.4 Å². The number of methoxy groups -OCH3 is 1. The van der Waals surface area contributed by atoms with E-state index >= 15 is 0 Å². The summed E-state index contributed by atoms with van der Waals surface area (Å²) in [6.45, 7) is 1.44. The van der Waals surface area contributed by atoms with Crippen molar-refractivity contribution in [3.8, 4) is 5.75 Å². The molecule has 1 aliphatic rings. The van der Waals surface area contributed by atoms with Crippen molar-refractivity contribution in [3.63, 3.8) is 0 Å². The molecule has 2 aromatic carbocycles. The molecule has 2 aromatic rings. The molecule has 1 heterocycles. The van der Waals surface area contributed by atoms with E-state index in [9.17, 15) is 9.18 Å². The first-order valence-corrected chi connectivity index (χ1v) is 8.11. The van der Waals surface area contributed by atoms with Gasteiger partial charge >= 0.3 is 0 Å². The molecule has 0 fully saturated rings. The number of hydrogen-bond acceptors (Lipinski definition) is 3. The molecule has 0 radical (unpaired) electrons. The minimum atomic E-state index is -0.302. The number of carbonyl (C=O) groups is 1. The molecule has 3 rings (SSSR count). The van der Waals surface area contributed by atoms with E-state index < -0.39 is 0 Å². The number of amides is 1. The van der Waals surface area contributed by atoms with Crippen LogP contribution < -0.4 is 15.4 Å². The Morgan fingerprint density at radius 2 is 2.16 bits per heavy atom. The van der Waals surface area contributed by atoms with Gasteiger partial charge in [-0.25, -0.2) is 4.39 Å². The quantitative estimate of drug-likeness (QED) is 0.854. The zero-order valence-electron chi connectivity index (χ0n) is 14.1. The third-order valence-corrected chi connectivity index (χ3v) is 4.26. The summed E-state index contributed by atoms with van der Waals surface area (Å²) in [5, 5.41) is 5.91. The highest BCUT2D eigenvalue weighted by Crippen LogP contribution is 2.24. The van der Waals surface area contributed by atoms with E-state index in [0.29, 0.717) is 31.4 Å². The van der Waals surface area contributed by atoms with Crippen LogP contribution in [0.3, 0.4) is 0 Å². The van der Waals surface area contributed by atoms with Gasteiger partial charge in [0, 0.05) is 13.0 Å². The number of benzene rings is 2. The van der Waals surface area contributed by atoms with E-state index in [1.165, 1.54) is 0 Å². The summed E-state index contributed by atoms with van der Waals surface area (Å²) in [5.41, 5.74) is 2.96. The number of halogens is 2. The maximum Gasteiger partial charge on any atom is 0.224 e. The molecule has 0 bridgehead atoms. The van der Waals surface area contributed by atoms with Crippen LogP contribution in [0.4, 0.5) is 10.1 Å². The van der Waals surface area contributed by atoms with Gasteiger partial charge in [-0.2, -0.15) is 0 Å². The van der Waals surface area contributed by atoms with Gasteiger partial charge in [0.05, 0.1) is 12.8 Å². The topological polar surface area (TPSA) is 50.4 Å². The molecule has 4 nitrogen and oxygen atoms in total. The molecule has 6 heteroatoms. The molecular weight excluding hydrogens is 343 g/mol. The summed E-state index contributed by atoms with van der Waals surface area (Å²) in [5.74, 6) is 0.275. The maximum absolute atomic E-state index is 14.5. The first kappa shape index (κ1) is 19.2. The van der Waals surface area contributed by atoms with E-state index in [1.54, 1.807) is 13.2 Å². The van der Waals surface area contributed by atoms with Crippen LogP contribution in [0.1, 0.15) is 23.1 Å². The third-order valence-electron chi connectivity index (χ3n) is 4.26. The van der Waals surface area contributed by atoms with Crippen molar-refractivity contribution in [3.05, 3.63) is 58.9 Å². The molecule has 1 amide bonds. The van der Waals surface area contributed by atoms with E-state index in [1.807, 2.05) is 30.3 Å². The molecule has 0 saturated heterocycles. The van der Waals surface area contributed by atoms with Gasteiger partial charge in [-0.1, -0.05) is 18.2 Å². The maximum atomic E-state index is 14.5. The van der Waals surface area contributed by atoms with Crippen LogP contribution in [0, 0.1) is 5.82 Å². The predicted octanol–water partition coefficient (Wildman–Crippen LogP) is 3.47. The van der Waals surface area contributed by atoms with Gasteiger partial charge in [0.25, 0.3) is 0 Å². The van der Waals surface area contributed by atoms with Crippen molar-refractivity contribution in [1.29, 1.82) is 0 Å². The van der Waals surface area contributed by atoms with Crippen LogP contribution in [-0.4, -0.2) is 19.6 Å². The van der Waals surface area contributed by atoms with Gasteiger partial charge in [-0.15, -0.1) is 12.4 Å². The number of hydrogen-bond donors (Lipinski definition) is 2. The van der Waals surface area contributed by atoms with E-state index in [-0.39, 0.29) is 29.8 Å². The minimum Gasteiger partial charge on any atom is -0.497 e. The Hall–Kier alpha value is -2.11. The van der Waals surface area contributed by atoms with Crippen molar-refractivity contribution < 1.29 is 13.9 Å². The second-order valence-electron chi connectivity index (χ2n) is 5.89. The molecule has 0 spiro atoms. The second kappa shape index (κ2) is 8.83. The summed E-state index contributed by atoms with van der Waals surface area (Å²) in [7, 11) is 1.61. The smallest absolute Gasteiger partial charge is 0.224 e. The average Bonchev–Trinajstić information content (AvgIpc) is 2.63. The predicted molar refractivity (Wildman–Crippen MR) is 99.0 cm³/mol. The summed E-state index contributed by atoms with van der Waals surface area (Å²) < 4.78 is 19.7. The number of ether oxygens (including phenoxy) is 1. The minimum absolute atomic E-state index is 0. The van der Waals surface area contributed by atoms with Crippen LogP contribution in [0.5, 0.6) is 5.75 Å². The lowest BCUT2D eigenvalue weighted by molar-refractivity contribution is -0.116. The van der Waals surface area contributed by atoms with Crippen LogP contribution in [0.25, 0.3) is 0 Å². The first-order chi connectivity index (χ1) is 11.7. The van der Waals surface area contributed by atoms with Gasteiger partial charge in [-0.3, -0.25) is 4.79 Å². The number of anilines is 1. The second-order valence-corrected chi connectivity index (χ2v) is 5.89. The van der Waals surface area contributed by atoms with Crippen molar-refractivity contribution in [2.45, 2.75) is 25.8 Å². The van der Waals surface area contributed by atoms with Crippen LogP contribution in [-0.2, 0) is 24.2 Å². The Balaban J connectivity index is 0.00000225. The lowest BCUT2D eigenvalue weighted by Crippen LogP contribution is -2.25. The molecular formula is C19H22ClFN2O2. The standard InChI is InChI=1S/C19H21FN2O2.ClH/c1-24-15-4-2-3-13(11-15)5-8-18(23)22-17-7-6-14-12-21-10-9-16(14)19(17)20;/h2-4,6-7,11,21H,5,8-10,12H2,1H3,(H,22,23);1H. The van der Waals surface area contributed by atoms with E-state index in [0.717, 1.165) is 23.4 Å². The fourth-order valence-corrected chi connectivity index (χ4v) is 2.93. The molecule has 1 aliphatic heterocycles. The highest BCUT2D eigenvalue weighted by molar-refractivity contribution is 5.91. The number of fused-ring (bicyclic) bond motifs is 1. The summed E-state index contributed by atoms with van der Waals surface area (Å²) >= 11 is 0. The summed E-state index contributed by atoms with van der Waals surface area (Å²) in [6.07, 6.45) is 1.53. The largest absolute Gasteiger partial charge is 0.497 e. The number of aryl methyl sites for hydroxylation is 1. The van der Waals surface area contributed by atoms with Gasteiger partial charge in [0.15, 0.2) is 0 Å². The lowest BCUT2D eigenvalue weighted by atomic mass is 9.99. The number of carbonyl (C=O) groups excluding carboxylic acids is 1. The molecule has 0 unspecified atom stereocenters. The van der Waals surface area contributed by atoms with Crippen LogP contribution >= 0.6 is 12.4 Å². The summed E-state index contributed by atoms with van der Waals surface area (Å²) in [4.78, 5) is 12.1. The average molecular weight is 365 g/mol. The fraction of sp³-hybridized carbons (Fsp3) is 0.316. The highest BCUT2D eigenvalue weighted by Gasteiger charge is 2.17. The normalized spacial score (nSPS) is 12.7. The Kier molecular flexibility index (Phi) is 6.79. The molecule has 2 N–H and O–H groups in total. The van der Waals surface area contributed by atoms with E-state index in [4.69, 9.17) is 4.74 Å². The zero-order chi connectivity index (χ0) is 16.9. The molecule has 134 valence electrons. The van der Waals surface area contributed by atoms with Gasteiger partial charge < -0.3 is 15.4 Å². The Bertz CT molecular complexity index is 752. The highest BCUT2D eigenvalue weighted by atomic mass is 35.5. The van der Waals surface area contributed by atoms with Crippen molar-refractivity contribution in [1.82, 2.24) is 5.32 Å². The van der Waals surface area contributed by atoms with Gasteiger partial charge in [0.1, 0.15) is 11.6 Å².